The molecule has 0 radical (unpaired) electrons. The lowest BCUT2D eigenvalue weighted by Crippen LogP contribution is -2.14. The topological polar surface area (TPSA) is 68.5 Å². The van der Waals surface area contributed by atoms with Gasteiger partial charge in [-0.3, -0.25) is 4.79 Å². The Morgan fingerprint density at radius 2 is 2.05 bits per heavy atom. The number of rotatable bonds is 5. The SMILES string of the molecule is Cc1ccc(C(=O)OCC(C)C)cc1NC(=O)c1ccco1. The average Bonchev–Trinajstić information content (AvgIpc) is 3.01. The second-order valence-corrected chi connectivity index (χ2v) is 5.45. The zero-order chi connectivity index (χ0) is 16.1. The molecule has 0 aliphatic rings. The van der Waals surface area contributed by atoms with E-state index in [0.717, 1.165) is 5.56 Å². The van der Waals surface area contributed by atoms with Gasteiger partial charge in [-0.15, -0.1) is 0 Å². The number of aryl methyl sites for hydroxylation is 1. The van der Waals surface area contributed by atoms with Gasteiger partial charge < -0.3 is 14.5 Å². The summed E-state index contributed by atoms with van der Waals surface area (Å²) in [5.41, 5.74) is 1.81. The minimum atomic E-state index is -0.401. The summed E-state index contributed by atoms with van der Waals surface area (Å²) >= 11 is 0. The number of hydrogen-bond acceptors (Lipinski definition) is 4. The number of amides is 1. The van der Waals surface area contributed by atoms with E-state index in [2.05, 4.69) is 5.32 Å². The van der Waals surface area contributed by atoms with Gasteiger partial charge in [-0.25, -0.2) is 4.79 Å². The Bertz CT molecular complexity index is 659. The number of benzene rings is 1. The van der Waals surface area contributed by atoms with Crippen LogP contribution in [0.4, 0.5) is 5.69 Å². The van der Waals surface area contributed by atoms with Crippen LogP contribution in [-0.2, 0) is 4.74 Å². The number of esters is 1. The first kappa shape index (κ1) is 15.8. The van der Waals surface area contributed by atoms with Crippen LogP contribution in [-0.4, -0.2) is 18.5 Å². The lowest BCUT2D eigenvalue weighted by Gasteiger charge is -2.11. The summed E-state index contributed by atoms with van der Waals surface area (Å²) in [5, 5.41) is 2.73. The molecule has 0 unspecified atom stereocenters. The van der Waals surface area contributed by atoms with E-state index >= 15 is 0 Å². The maximum absolute atomic E-state index is 12.0. The lowest BCUT2D eigenvalue weighted by atomic mass is 10.1. The Morgan fingerprint density at radius 3 is 2.68 bits per heavy atom. The van der Waals surface area contributed by atoms with E-state index in [4.69, 9.17) is 9.15 Å². The molecule has 0 aliphatic carbocycles. The zero-order valence-electron chi connectivity index (χ0n) is 12.9. The first-order valence-electron chi connectivity index (χ1n) is 7.10. The molecule has 0 saturated carbocycles. The van der Waals surface area contributed by atoms with Gasteiger partial charge in [-0.1, -0.05) is 19.9 Å². The first-order valence-corrected chi connectivity index (χ1v) is 7.10. The Labute approximate surface area is 129 Å². The molecule has 1 amide bonds. The highest BCUT2D eigenvalue weighted by Gasteiger charge is 2.14. The van der Waals surface area contributed by atoms with Crippen LogP contribution in [0.3, 0.4) is 0 Å². The molecule has 1 heterocycles. The molecule has 5 heteroatoms. The summed E-state index contributed by atoms with van der Waals surface area (Å²) in [7, 11) is 0. The van der Waals surface area contributed by atoms with E-state index in [-0.39, 0.29) is 17.6 Å². The Balaban J connectivity index is 2.13. The molecule has 22 heavy (non-hydrogen) atoms. The van der Waals surface area contributed by atoms with E-state index in [0.29, 0.717) is 17.9 Å². The number of hydrogen-bond donors (Lipinski definition) is 1. The summed E-state index contributed by atoms with van der Waals surface area (Å²) < 4.78 is 10.2. The fourth-order valence-electron chi connectivity index (χ4n) is 1.80. The highest BCUT2D eigenvalue weighted by atomic mass is 16.5. The summed E-state index contributed by atoms with van der Waals surface area (Å²) in [6.07, 6.45) is 1.43. The zero-order valence-corrected chi connectivity index (χ0v) is 12.9. The Hall–Kier alpha value is -2.56. The molecule has 0 bridgehead atoms. The van der Waals surface area contributed by atoms with Crippen molar-refractivity contribution in [2.24, 2.45) is 5.92 Å². The van der Waals surface area contributed by atoms with Crippen LogP contribution < -0.4 is 5.32 Å². The van der Waals surface area contributed by atoms with Crippen LogP contribution in [0.15, 0.2) is 41.0 Å². The number of furan rings is 1. The van der Waals surface area contributed by atoms with E-state index in [1.54, 1.807) is 30.3 Å². The highest BCUT2D eigenvalue weighted by molar-refractivity contribution is 6.03. The standard InChI is InChI=1S/C17H19NO4/c1-11(2)10-22-17(20)13-7-6-12(3)14(9-13)18-16(19)15-5-4-8-21-15/h4-9,11H,10H2,1-3H3,(H,18,19). The first-order chi connectivity index (χ1) is 10.5. The number of nitrogens with one attached hydrogen (secondary N) is 1. The molecule has 0 fully saturated rings. The third-order valence-corrected chi connectivity index (χ3v) is 3.01. The lowest BCUT2D eigenvalue weighted by molar-refractivity contribution is 0.0459. The van der Waals surface area contributed by atoms with Crippen LogP contribution >= 0.6 is 0 Å². The maximum atomic E-state index is 12.0. The van der Waals surface area contributed by atoms with Gasteiger partial charge in [0.05, 0.1) is 18.4 Å². The maximum Gasteiger partial charge on any atom is 0.338 e. The summed E-state index contributed by atoms with van der Waals surface area (Å²) in [6, 6.07) is 8.27. The Kier molecular flexibility index (Phi) is 4.99. The van der Waals surface area contributed by atoms with E-state index in [9.17, 15) is 9.59 Å². The van der Waals surface area contributed by atoms with Crippen molar-refractivity contribution in [2.45, 2.75) is 20.8 Å². The minimum Gasteiger partial charge on any atom is -0.462 e. The van der Waals surface area contributed by atoms with Crippen LogP contribution in [0.1, 0.15) is 40.3 Å². The van der Waals surface area contributed by atoms with Gasteiger partial charge in [0, 0.05) is 5.69 Å². The molecule has 0 spiro atoms. The Morgan fingerprint density at radius 1 is 1.27 bits per heavy atom. The summed E-state index contributed by atoms with van der Waals surface area (Å²) in [5.74, 6) is -0.275. The number of ether oxygens (including phenoxy) is 1. The molecule has 0 aliphatic heterocycles. The van der Waals surface area contributed by atoms with Crippen LogP contribution in [0.2, 0.25) is 0 Å². The molecule has 0 atom stereocenters. The van der Waals surface area contributed by atoms with E-state index in [1.165, 1.54) is 6.26 Å². The second-order valence-electron chi connectivity index (χ2n) is 5.45. The molecule has 116 valence electrons. The largest absolute Gasteiger partial charge is 0.462 e. The number of anilines is 1. The number of carbonyl (C=O) groups is 2. The van der Waals surface area contributed by atoms with Crippen molar-refractivity contribution in [1.82, 2.24) is 0 Å². The molecule has 2 aromatic rings. The monoisotopic (exact) mass is 301 g/mol. The molecular weight excluding hydrogens is 282 g/mol. The van der Waals surface area contributed by atoms with Gasteiger partial charge in [-0.2, -0.15) is 0 Å². The van der Waals surface area contributed by atoms with Crippen LogP contribution in [0.5, 0.6) is 0 Å². The van der Waals surface area contributed by atoms with Crippen molar-refractivity contribution in [3.8, 4) is 0 Å². The van der Waals surface area contributed by atoms with Crippen molar-refractivity contribution in [1.29, 1.82) is 0 Å². The third-order valence-electron chi connectivity index (χ3n) is 3.01. The molecule has 1 aromatic heterocycles. The highest BCUT2D eigenvalue weighted by Crippen LogP contribution is 2.19. The molecule has 5 nitrogen and oxygen atoms in total. The van der Waals surface area contributed by atoms with Crippen molar-refractivity contribution >= 4 is 17.6 Å². The predicted molar refractivity (Wildman–Crippen MR) is 83.0 cm³/mol. The van der Waals surface area contributed by atoms with Crippen molar-refractivity contribution in [3.05, 3.63) is 53.5 Å². The van der Waals surface area contributed by atoms with Crippen LogP contribution in [0.25, 0.3) is 0 Å². The molecule has 0 saturated heterocycles. The van der Waals surface area contributed by atoms with Gasteiger partial charge in [0.2, 0.25) is 0 Å². The second kappa shape index (κ2) is 6.93. The third kappa shape index (κ3) is 3.97. The van der Waals surface area contributed by atoms with Gasteiger partial charge >= 0.3 is 5.97 Å². The molecule has 1 aromatic carbocycles. The predicted octanol–water partition coefficient (Wildman–Crippen LogP) is 3.65. The molecular formula is C17H19NO4. The number of carbonyl (C=O) groups excluding carboxylic acids is 2. The summed E-state index contributed by atoms with van der Waals surface area (Å²) in [4.78, 5) is 24.0. The quantitative estimate of drug-likeness (QED) is 0.856. The normalized spacial score (nSPS) is 10.5. The van der Waals surface area contributed by atoms with Crippen LogP contribution in [0, 0.1) is 12.8 Å². The molecule has 2 rings (SSSR count). The smallest absolute Gasteiger partial charge is 0.338 e. The van der Waals surface area contributed by atoms with Crippen molar-refractivity contribution in [2.75, 3.05) is 11.9 Å². The van der Waals surface area contributed by atoms with Gasteiger partial charge in [0.1, 0.15) is 0 Å². The fraction of sp³-hybridized carbons (Fsp3) is 0.294. The fourth-order valence-corrected chi connectivity index (χ4v) is 1.80. The summed E-state index contributed by atoms with van der Waals surface area (Å²) in [6.45, 7) is 6.15. The van der Waals surface area contributed by atoms with Gasteiger partial charge in [0.25, 0.3) is 5.91 Å². The van der Waals surface area contributed by atoms with Crippen molar-refractivity contribution in [3.63, 3.8) is 0 Å². The molecule has 1 N–H and O–H groups in total. The average molecular weight is 301 g/mol. The minimum absolute atomic E-state index is 0.215. The van der Waals surface area contributed by atoms with E-state index in [1.807, 2.05) is 20.8 Å². The van der Waals surface area contributed by atoms with E-state index < -0.39 is 5.97 Å². The van der Waals surface area contributed by atoms with Gasteiger partial charge in [-0.05, 0) is 42.7 Å². The van der Waals surface area contributed by atoms with Gasteiger partial charge in [0.15, 0.2) is 5.76 Å². The van der Waals surface area contributed by atoms with Crippen molar-refractivity contribution < 1.29 is 18.7 Å².